The highest BCUT2D eigenvalue weighted by atomic mass is 16.3. The number of rotatable bonds is 3. The van der Waals surface area contributed by atoms with Crippen molar-refractivity contribution in [3.63, 3.8) is 0 Å². The number of urea groups is 1. The van der Waals surface area contributed by atoms with E-state index in [1.807, 2.05) is 18.2 Å². The van der Waals surface area contributed by atoms with Gasteiger partial charge in [-0.15, -0.1) is 0 Å². The van der Waals surface area contributed by atoms with Crippen molar-refractivity contribution in [1.82, 2.24) is 5.43 Å². The average Bonchev–Trinajstić information content (AvgIpc) is 2.27. The lowest BCUT2D eigenvalue weighted by atomic mass is 9.92. The largest absolute Gasteiger partial charge is 0.379 e. The molecule has 0 saturated carbocycles. The predicted octanol–water partition coefficient (Wildman–Crippen LogP) is 0.938. The quantitative estimate of drug-likeness (QED) is 0.524. The number of primary amides is 1. The van der Waals surface area contributed by atoms with E-state index in [2.05, 4.69) is 10.5 Å². The van der Waals surface area contributed by atoms with Gasteiger partial charge in [0.25, 0.3) is 0 Å². The monoisotopic (exact) mass is 221 g/mol. The van der Waals surface area contributed by atoms with Crippen LogP contribution in [0.4, 0.5) is 4.79 Å². The molecule has 1 rings (SSSR count). The number of hydrogen-bond donors (Lipinski definition) is 3. The summed E-state index contributed by atoms with van der Waals surface area (Å²) in [5, 5.41) is 14.0. The zero-order chi connectivity index (χ0) is 12.2. The predicted molar refractivity (Wildman–Crippen MR) is 61.8 cm³/mol. The van der Waals surface area contributed by atoms with E-state index in [0.29, 0.717) is 11.3 Å². The van der Waals surface area contributed by atoms with Crippen LogP contribution in [-0.2, 0) is 5.60 Å². The van der Waals surface area contributed by atoms with Crippen LogP contribution in [0.5, 0.6) is 0 Å². The van der Waals surface area contributed by atoms with Crippen molar-refractivity contribution < 1.29 is 9.90 Å². The third kappa shape index (κ3) is 2.80. The summed E-state index contributed by atoms with van der Waals surface area (Å²) in [5.41, 5.74) is 6.80. The topological polar surface area (TPSA) is 87.7 Å². The number of amides is 2. The normalized spacial score (nSPS) is 15.3. The van der Waals surface area contributed by atoms with Crippen LogP contribution >= 0.6 is 0 Å². The smallest absolute Gasteiger partial charge is 0.332 e. The molecular weight excluding hydrogens is 206 g/mol. The first-order chi connectivity index (χ1) is 7.44. The minimum Gasteiger partial charge on any atom is -0.379 e. The summed E-state index contributed by atoms with van der Waals surface area (Å²) in [5.74, 6) is 0. The number of hydrogen-bond acceptors (Lipinski definition) is 3. The van der Waals surface area contributed by atoms with E-state index >= 15 is 0 Å². The molecular formula is C11H15N3O2. The van der Waals surface area contributed by atoms with Crippen molar-refractivity contribution in [2.75, 3.05) is 0 Å². The van der Waals surface area contributed by atoms with Gasteiger partial charge in [-0.05, 0) is 19.4 Å². The Balaban J connectivity index is 2.93. The number of benzene rings is 1. The summed E-state index contributed by atoms with van der Waals surface area (Å²) in [7, 11) is 0. The molecule has 0 unspecified atom stereocenters. The summed E-state index contributed by atoms with van der Waals surface area (Å²) < 4.78 is 0. The first-order valence-corrected chi connectivity index (χ1v) is 4.82. The number of carbonyl (C=O) groups excluding carboxylic acids is 1. The maximum atomic E-state index is 10.5. The van der Waals surface area contributed by atoms with Crippen LogP contribution < -0.4 is 11.2 Å². The number of nitrogens with zero attached hydrogens (tertiary/aromatic N) is 1. The number of nitrogens with two attached hydrogens (primary N) is 1. The lowest BCUT2D eigenvalue weighted by Crippen LogP contribution is -2.34. The second kappa shape index (κ2) is 4.76. The molecule has 4 N–H and O–H groups in total. The van der Waals surface area contributed by atoms with E-state index in [1.165, 1.54) is 0 Å². The van der Waals surface area contributed by atoms with Crippen molar-refractivity contribution in [1.29, 1.82) is 0 Å². The van der Waals surface area contributed by atoms with Gasteiger partial charge in [0, 0.05) is 0 Å². The molecule has 5 nitrogen and oxygen atoms in total. The van der Waals surface area contributed by atoms with Gasteiger partial charge in [0.05, 0.1) is 5.71 Å². The summed E-state index contributed by atoms with van der Waals surface area (Å²) in [6.07, 6.45) is 0. The van der Waals surface area contributed by atoms with E-state index in [-0.39, 0.29) is 0 Å². The fraction of sp³-hybridized carbons (Fsp3) is 0.273. The maximum Gasteiger partial charge on any atom is 0.332 e. The third-order valence-electron chi connectivity index (χ3n) is 2.37. The van der Waals surface area contributed by atoms with Crippen LogP contribution in [0, 0.1) is 0 Å². The Morgan fingerprint density at radius 2 is 2.00 bits per heavy atom. The lowest BCUT2D eigenvalue weighted by molar-refractivity contribution is 0.131. The van der Waals surface area contributed by atoms with E-state index in [1.54, 1.807) is 26.0 Å². The van der Waals surface area contributed by atoms with Gasteiger partial charge in [0.2, 0.25) is 0 Å². The van der Waals surface area contributed by atoms with Crippen LogP contribution in [0.1, 0.15) is 19.4 Å². The van der Waals surface area contributed by atoms with Gasteiger partial charge in [0.1, 0.15) is 5.60 Å². The van der Waals surface area contributed by atoms with Gasteiger partial charge in [-0.3, -0.25) is 0 Å². The molecule has 1 atom stereocenters. The Bertz CT molecular complexity index is 399. The van der Waals surface area contributed by atoms with E-state index in [0.717, 1.165) is 0 Å². The van der Waals surface area contributed by atoms with Gasteiger partial charge in [-0.2, -0.15) is 5.10 Å². The molecule has 0 spiro atoms. The molecule has 2 amide bonds. The molecule has 0 heterocycles. The molecule has 16 heavy (non-hydrogen) atoms. The first-order valence-electron chi connectivity index (χ1n) is 4.82. The second-order valence-electron chi connectivity index (χ2n) is 3.61. The number of carbonyl (C=O) groups is 1. The highest BCUT2D eigenvalue weighted by molar-refractivity contribution is 5.91. The Hall–Kier alpha value is -1.88. The van der Waals surface area contributed by atoms with E-state index in [9.17, 15) is 9.90 Å². The minimum absolute atomic E-state index is 0.359. The van der Waals surface area contributed by atoms with Crippen molar-refractivity contribution in [2.45, 2.75) is 19.4 Å². The lowest BCUT2D eigenvalue weighted by Gasteiger charge is -2.23. The SMILES string of the molecule is C/C(=N\NC(N)=O)[C@](C)(O)c1ccccc1. The summed E-state index contributed by atoms with van der Waals surface area (Å²) in [6.45, 7) is 3.22. The number of nitrogens with one attached hydrogen (secondary N) is 1. The molecule has 5 heteroatoms. The summed E-state index contributed by atoms with van der Waals surface area (Å²) >= 11 is 0. The second-order valence-corrected chi connectivity index (χ2v) is 3.61. The Morgan fingerprint density at radius 3 is 2.50 bits per heavy atom. The molecule has 0 aromatic heterocycles. The molecule has 0 fully saturated rings. The molecule has 0 aliphatic heterocycles. The summed E-state index contributed by atoms with van der Waals surface area (Å²) in [6, 6.07) is 8.29. The van der Waals surface area contributed by atoms with Crippen molar-refractivity contribution in [3.8, 4) is 0 Å². The van der Waals surface area contributed by atoms with Gasteiger partial charge in [0.15, 0.2) is 0 Å². The Labute approximate surface area is 94.0 Å². The number of hydrazone groups is 1. The fourth-order valence-corrected chi connectivity index (χ4v) is 1.22. The molecule has 0 aliphatic carbocycles. The van der Waals surface area contributed by atoms with Crippen molar-refractivity contribution in [3.05, 3.63) is 35.9 Å². The molecule has 86 valence electrons. The highest BCUT2D eigenvalue weighted by Crippen LogP contribution is 2.21. The van der Waals surface area contributed by atoms with Gasteiger partial charge in [-0.1, -0.05) is 30.3 Å². The van der Waals surface area contributed by atoms with Gasteiger partial charge < -0.3 is 10.8 Å². The summed E-state index contributed by atoms with van der Waals surface area (Å²) in [4.78, 5) is 10.5. The van der Waals surface area contributed by atoms with Crippen LogP contribution in [0.3, 0.4) is 0 Å². The molecule has 1 aromatic carbocycles. The van der Waals surface area contributed by atoms with Crippen LogP contribution in [-0.4, -0.2) is 16.8 Å². The van der Waals surface area contributed by atoms with Crippen molar-refractivity contribution >= 4 is 11.7 Å². The average molecular weight is 221 g/mol. The van der Waals surface area contributed by atoms with Gasteiger partial charge >= 0.3 is 6.03 Å². The molecule has 0 bridgehead atoms. The number of aliphatic hydroxyl groups is 1. The van der Waals surface area contributed by atoms with Gasteiger partial charge in [-0.25, -0.2) is 10.2 Å². The standard InChI is InChI=1S/C11H15N3O2/c1-8(13-14-10(12)15)11(2,16)9-6-4-3-5-7-9/h3-7,16H,1-2H3,(H3,12,14,15)/b13-8+/t11-/m0/s1. The minimum atomic E-state index is -1.23. The molecule has 0 saturated heterocycles. The molecule has 0 radical (unpaired) electrons. The fourth-order valence-electron chi connectivity index (χ4n) is 1.22. The molecule has 0 aliphatic rings. The zero-order valence-corrected chi connectivity index (χ0v) is 9.27. The zero-order valence-electron chi connectivity index (χ0n) is 9.27. The Kier molecular flexibility index (Phi) is 3.63. The van der Waals surface area contributed by atoms with Crippen LogP contribution in [0.25, 0.3) is 0 Å². The van der Waals surface area contributed by atoms with E-state index < -0.39 is 11.6 Å². The third-order valence-corrected chi connectivity index (χ3v) is 2.37. The maximum absolute atomic E-state index is 10.5. The Morgan fingerprint density at radius 1 is 1.44 bits per heavy atom. The highest BCUT2D eigenvalue weighted by Gasteiger charge is 2.26. The van der Waals surface area contributed by atoms with Crippen molar-refractivity contribution in [2.24, 2.45) is 10.8 Å². The van der Waals surface area contributed by atoms with Crippen LogP contribution in [0.2, 0.25) is 0 Å². The molecule has 1 aromatic rings. The van der Waals surface area contributed by atoms with Crippen LogP contribution in [0.15, 0.2) is 35.4 Å². The first kappa shape index (κ1) is 12.2. The van der Waals surface area contributed by atoms with E-state index in [4.69, 9.17) is 5.73 Å².